The quantitative estimate of drug-likeness (QED) is 0.0740. The van der Waals surface area contributed by atoms with Crippen LogP contribution in [-0.4, -0.2) is 64.7 Å². The highest BCUT2D eigenvalue weighted by atomic mass is 32.2. The second-order valence-electron chi connectivity index (χ2n) is 8.25. The van der Waals surface area contributed by atoms with Gasteiger partial charge in [0.15, 0.2) is 5.96 Å². The van der Waals surface area contributed by atoms with Gasteiger partial charge in [0.1, 0.15) is 12.1 Å². The summed E-state index contributed by atoms with van der Waals surface area (Å²) in [5, 5.41) is 29.4. The van der Waals surface area contributed by atoms with Gasteiger partial charge in [0.25, 0.3) is 0 Å². The lowest BCUT2D eigenvalue weighted by Gasteiger charge is -2.13. The summed E-state index contributed by atoms with van der Waals surface area (Å²) in [7, 11) is 0. The normalized spacial score (nSPS) is 12.1. The van der Waals surface area contributed by atoms with E-state index in [1.165, 1.54) is 44.9 Å². The number of guanidine groups is 1. The Morgan fingerprint density at radius 1 is 0.912 bits per heavy atom. The summed E-state index contributed by atoms with van der Waals surface area (Å²) < 4.78 is 0. The molecule has 0 heterocycles. The topological polar surface area (TPSA) is 192 Å². The highest BCUT2D eigenvalue weighted by Gasteiger charge is 2.18. The molecular formula is C23H47N5O5S. The van der Waals surface area contributed by atoms with Crippen LogP contribution in [0.2, 0.25) is 0 Å². The van der Waals surface area contributed by atoms with E-state index < -0.39 is 24.0 Å². The van der Waals surface area contributed by atoms with Crippen LogP contribution in [-0.2, 0) is 14.4 Å². The van der Waals surface area contributed by atoms with Gasteiger partial charge in [-0.2, -0.15) is 11.8 Å². The van der Waals surface area contributed by atoms with Crippen LogP contribution in [0.3, 0.4) is 0 Å². The first kappa shape index (κ1) is 34.2. The third-order valence-electron chi connectivity index (χ3n) is 5.08. The van der Waals surface area contributed by atoms with Gasteiger partial charge in [0, 0.05) is 13.0 Å². The molecule has 34 heavy (non-hydrogen) atoms. The summed E-state index contributed by atoms with van der Waals surface area (Å²) in [4.78, 5) is 33.0. The van der Waals surface area contributed by atoms with Gasteiger partial charge in [0.2, 0.25) is 5.91 Å². The van der Waals surface area contributed by atoms with Crippen LogP contribution in [0.4, 0.5) is 0 Å². The Kier molecular flexibility index (Phi) is 24.2. The Morgan fingerprint density at radius 3 is 1.94 bits per heavy atom. The van der Waals surface area contributed by atoms with Gasteiger partial charge in [-0.05, 0) is 37.7 Å². The van der Waals surface area contributed by atoms with Crippen molar-refractivity contribution < 1.29 is 24.6 Å². The molecule has 9 N–H and O–H groups in total. The fourth-order valence-electron chi connectivity index (χ4n) is 3.02. The zero-order chi connectivity index (χ0) is 26.2. The fraction of sp³-hybridized carbons (Fsp3) is 0.826. The molecule has 0 unspecified atom stereocenters. The first-order valence-corrected chi connectivity index (χ1v) is 13.6. The van der Waals surface area contributed by atoms with Crippen molar-refractivity contribution in [2.75, 3.05) is 18.6 Å². The van der Waals surface area contributed by atoms with E-state index >= 15 is 0 Å². The average molecular weight is 506 g/mol. The van der Waals surface area contributed by atoms with Crippen LogP contribution in [0.15, 0.2) is 0 Å². The molecular weight excluding hydrogens is 458 g/mol. The van der Waals surface area contributed by atoms with Crippen molar-refractivity contribution in [3.05, 3.63) is 0 Å². The predicted octanol–water partition coefficient (Wildman–Crippen LogP) is 2.89. The third kappa shape index (κ3) is 24.6. The molecule has 0 radical (unpaired) electrons. The van der Waals surface area contributed by atoms with Crippen LogP contribution in [0, 0.1) is 5.41 Å². The Bertz CT molecular complexity index is 566. The molecule has 0 spiro atoms. The lowest BCUT2D eigenvalue weighted by molar-refractivity contribution is -0.142. The lowest BCUT2D eigenvalue weighted by Crippen LogP contribution is -2.41. The Hall–Kier alpha value is -2.01. The molecule has 0 bridgehead atoms. The largest absolute Gasteiger partial charge is 0.480 e. The zero-order valence-electron chi connectivity index (χ0n) is 20.9. The molecule has 0 aromatic carbocycles. The van der Waals surface area contributed by atoms with E-state index in [0.717, 1.165) is 18.6 Å². The van der Waals surface area contributed by atoms with Gasteiger partial charge in [0.05, 0.1) is 0 Å². The molecule has 0 rings (SSSR count). The first-order chi connectivity index (χ1) is 16.1. The number of carboxylic acid groups (broad SMARTS) is 2. The molecule has 11 heteroatoms. The van der Waals surface area contributed by atoms with Crippen LogP contribution in [0.5, 0.6) is 0 Å². The number of carboxylic acids is 2. The molecule has 0 saturated heterocycles. The van der Waals surface area contributed by atoms with E-state index in [0.29, 0.717) is 32.2 Å². The van der Waals surface area contributed by atoms with E-state index in [4.69, 9.17) is 27.1 Å². The van der Waals surface area contributed by atoms with Gasteiger partial charge in [-0.1, -0.05) is 58.3 Å². The molecule has 0 aliphatic rings. The lowest BCUT2D eigenvalue weighted by atomic mass is 10.1. The Labute approximate surface area is 208 Å². The van der Waals surface area contributed by atoms with Crippen molar-refractivity contribution in [2.24, 2.45) is 11.5 Å². The maximum absolute atomic E-state index is 11.7. The molecule has 0 saturated carbocycles. The van der Waals surface area contributed by atoms with Crippen molar-refractivity contribution in [2.45, 2.75) is 102 Å². The minimum Gasteiger partial charge on any atom is -0.480 e. The SMILES string of the molecule is CCCCCCCCCCCC(=O)N[C@@H](CCSC)C(=O)O.N=C(N)NCCC[C@H](N)C(=O)O. The number of hydrogen-bond acceptors (Lipinski definition) is 6. The zero-order valence-corrected chi connectivity index (χ0v) is 21.8. The summed E-state index contributed by atoms with van der Waals surface area (Å²) in [5.41, 5.74) is 10.2. The number of amides is 1. The van der Waals surface area contributed by atoms with Crippen LogP contribution < -0.4 is 22.1 Å². The molecule has 1 amide bonds. The van der Waals surface area contributed by atoms with E-state index in [9.17, 15) is 14.4 Å². The Balaban J connectivity index is 0. The number of nitrogens with one attached hydrogen (secondary N) is 3. The number of aliphatic carboxylic acids is 2. The minimum atomic E-state index is -1.00. The molecule has 0 aliphatic carbocycles. The summed E-state index contributed by atoms with van der Waals surface area (Å²) in [6, 6.07) is -1.56. The average Bonchev–Trinajstić information content (AvgIpc) is 2.78. The third-order valence-corrected chi connectivity index (χ3v) is 5.72. The van der Waals surface area contributed by atoms with Crippen molar-refractivity contribution in [3.63, 3.8) is 0 Å². The van der Waals surface area contributed by atoms with E-state index in [2.05, 4.69) is 17.6 Å². The molecule has 0 aliphatic heterocycles. The molecule has 10 nitrogen and oxygen atoms in total. The summed E-state index contributed by atoms with van der Waals surface area (Å²) in [6.45, 7) is 2.71. The first-order valence-electron chi connectivity index (χ1n) is 12.2. The molecule has 0 fully saturated rings. The monoisotopic (exact) mass is 505 g/mol. The standard InChI is InChI=1S/C17H33NO3S.C6H14N4O2/c1-3-4-5-6-7-8-9-10-11-12-16(19)18-15(17(20)21)13-14-22-2;7-4(5(11)12)2-1-3-10-6(8)9/h15H,3-14H2,1-2H3,(H,18,19)(H,20,21);4H,1-3,7H2,(H,11,12)(H4,8,9,10)/t15-;4-/m00/s1. The number of unbranched alkanes of at least 4 members (excludes halogenated alkanes) is 8. The summed E-state index contributed by atoms with van der Waals surface area (Å²) in [6.07, 6.45) is 14.7. The van der Waals surface area contributed by atoms with Crippen LogP contribution in [0.1, 0.15) is 90.4 Å². The maximum atomic E-state index is 11.7. The van der Waals surface area contributed by atoms with E-state index in [-0.39, 0.29) is 11.9 Å². The van der Waals surface area contributed by atoms with Crippen molar-refractivity contribution in [3.8, 4) is 0 Å². The highest BCUT2D eigenvalue weighted by Crippen LogP contribution is 2.10. The van der Waals surface area contributed by atoms with Gasteiger partial charge in [-0.3, -0.25) is 15.0 Å². The number of hydrogen-bond donors (Lipinski definition) is 7. The maximum Gasteiger partial charge on any atom is 0.326 e. The van der Waals surface area contributed by atoms with E-state index in [1.54, 1.807) is 11.8 Å². The number of carbonyl (C=O) groups excluding carboxylic acids is 1. The van der Waals surface area contributed by atoms with Crippen molar-refractivity contribution in [1.29, 1.82) is 5.41 Å². The second kappa shape index (κ2) is 24.1. The van der Waals surface area contributed by atoms with Gasteiger partial charge in [-0.25, -0.2) is 4.79 Å². The fourth-order valence-corrected chi connectivity index (χ4v) is 3.50. The number of carbonyl (C=O) groups is 3. The van der Waals surface area contributed by atoms with Crippen LogP contribution >= 0.6 is 11.8 Å². The van der Waals surface area contributed by atoms with Crippen LogP contribution in [0.25, 0.3) is 0 Å². The number of thioether (sulfide) groups is 1. The van der Waals surface area contributed by atoms with Crippen molar-refractivity contribution in [1.82, 2.24) is 10.6 Å². The second-order valence-corrected chi connectivity index (χ2v) is 9.23. The molecule has 0 aromatic heterocycles. The van der Waals surface area contributed by atoms with Gasteiger partial charge >= 0.3 is 11.9 Å². The summed E-state index contributed by atoms with van der Waals surface area (Å²) in [5.74, 6) is -1.43. The summed E-state index contributed by atoms with van der Waals surface area (Å²) >= 11 is 1.59. The molecule has 0 aromatic rings. The Morgan fingerprint density at radius 2 is 1.47 bits per heavy atom. The van der Waals surface area contributed by atoms with E-state index in [1.807, 2.05) is 6.26 Å². The smallest absolute Gasteiger partial charge is 0.326 e. The van der Waals surface area contributed by atoms with Gasteiger partial charge in [-0.15, -0.1) is 0 Å². The molecule has 2 atom stereocenters. The predicted molar refractivity (Wildman–Crippen MR) is 139 cm³/mol. The minimum absolute atomic E-state index is 0.112. The number of nitrogens with two attached hydrogens (primary N) is 2. The van der Waals surface area contributed by atoms with Gasteiger partial charge < -0.3 is 32.3 Å². The molecule has 200 valence electrons. The van der Waals surface area contributed by atoms with Crippen molar-refractivity contribution >= 4 is 35.6 Å². The highest BCUT2D eigenvalue weighted by molar-refractivity contribution is 7.98. The number of rotatable bonds is 20.